The molecule has 0 saturated carbocycles. The lowest BCUT2D eigenvalue weighted by molar-refractivity contribution is 0.0643. The molecule has 0 atom stereocenters. The summed E-state index contributed by atoms with van der Waals surface area (Å²) in [5.41, 5.74) is 3.07. The Balaban J connectivity index is 1.06. The van der Waals surface area contributed by atoms with Crippen molar-refractivity contribution in [1.82, 2.24) is 20.0 Å². The Kier molecular flexibility index (Phi) is 8.03. The van der Waals surface area contributed by atoms with Crippen molar-refractivity contribution in [2.75, 3.05) is 50.7 Å². The van der Waals surface area contributed by atoms with Gasteiger partial charge in [-0.15, -0.1) is 10.2 Å². The first-order valence-corrected chi connectivity index (χ1v) is 13.1. The van der Waals surface area contributed by atoms with Crippen molar-refractivity contribution in [3.05, 3.63) is 95.7 Å². The molecular weight excluding hydrogens is 446 g/mol. The quantitative estimate of drug-likeness (QED) is 0.501. The first-order valence-electron chi connectivity index (χ1n) is 13.1. The van der Waals surface area contributed by atoms with Crippen LogP contribution in [0.2, 0.25) is 0 Å². The SMILES string of the molecule is O=C(c1ccc(N2CCC(Cc3ccccc3)CC2)nn1)N1CCN(C/C=C/c2ccccc2)CC1. The molecule has 2 fully saturated rings. The molecule has 0 bridgehead atoms. The van der Waals surface area contributed by atoms with Crippen molar-refractivity contribution in [1.29, 1.82) is 0 Å². The Morgan fingerprint density at radius 2 is 1.50 bits per heavy atom. The molecule has 2 saturated heterocycles. The van der Waals surface area contributed by atoms with Crippen LogP contribution in [0, 0.1) is 5.92 Å². The van der Waals surface area contributed by atoms with Crippen LogP contribution < -0.4 is 4.90 Å². The summed E-state index contributed by atoms with van der Waals surface area (Å²) >= 11 is 0. The second kappa shape index (κ2) is 12.0. The lowest BCUT2D eigenvalue weighted by Gasteiger charge is -2.34. The van der Waals surface area contributed by atoms with Crippen LogP contribution in [0.25, 0.3) is 6.08 Å². The van der Waals surface area contributed by atoms with Gasteiger partial charge in [0, 0.05) is 45.8 Å². The minimum Gasteiger partial charge on any atom is -0.355 e. The Bertz CT molecular complexity index is 1120. The van der Waals surface area contributed by atoms with Gasteiger partial charge in [-0.25, -0.2) is 0 Å². The predicted molar refractivity (Wildman–Crippen MR) is 145 cm³/mol. The van der Waals surface area contributed by atoms with E-state index in [1.807, 2.05) is 23.1 Å². The molecule has 0 aliphatic carbocycles. The van der Waals surface area contributed by atoms with Gasteiger partial charge in [-0.05, 0) is 48.4 Å². The summed E-state index contributed by atoms with van der Waals surface area (Å²) in [7, 11) is 0. The van der Waals surface area contributed by atoms with E-state index in [0.717, 1.165) is 70.9 Å². The molecule has 1 amide bonds. The minimum atomic E-state index is -0.0184. The van der Waals surface area contributed by atoms with Gasteiger partial charge < -0.3 is 9.80 Å². The molecule has 6 heteroatoms. The van der Waals surface area contributed by atoms with Crippen molar-refractivity contribution >= 4 is 17.8 Å². The van der Waals surface area contributed by atoms with E-state index in [0.29, 0.717) is 11.6 Å². The first kappa shape index (κ1) is 24.2. The maximum atomic E-state index is 13.0. The number of rotatable bonds is 7. The highest BCUT2D eigenvalue weighted by molar-refractivity contribution is 5.92. The highest BCUT2D eigenvalue weighted by atomic mass is 16.2. The average Bonchev–Trinajstić information content (AvgIpc) is 2.95. The zero-order chi connectivity index (χ0) is 24.6. The van der Waals surface area contributed by atoms with Crippen molar-refractivity contribution in [3.8, 4) is 0 Å². The number of hydrogen-bond donors (Lipinski definition) is 0. The van der Waals surface area contributed by atoms with Crippen LogP contribution in [0.1, 0.15) is 34.5 Å². The lowest BCUT2D eigenvalue weighted by Crippen LogP contribution is -2.48. The maximum absolute atomic E-state index is 13.0. The van der Waals surface area contributed by atoms with Crippen LogP contribution >= 0.6 is 0 Å². The molecule has 0 radical (unpaired) electrons. The van der Waals surface area contributed by atoms with Crippen LogP contribution in [0.3, 0.4) is 0 Å². The Morgan fingerprint density at radius 1 is 0.806 bits per heavy atom. The van der Waals surface area contributed by atoms with Gasteiger partial charge in [0.1, 0.15) is 0 Å². The largest absolute Gasteiger partial charge is 0.355 e. The highest BCUT2D eigenvalue weighted by Crippen LogP contribution is 2.24. The standard InChI is InChI=1S/C30H35N5O/c36-30(35-22-20-33(21-23-35)17-7-12-25-8-3-1-4-9-25)28-13-14-29(32-31-28)34-18-15-27(16-19-34)24-26-10-5-2-6-11-26/h1-14,27H,15-24H2/b12-7+. The molecule has 2 aliphatic heterocycles. The van der Waals surface area contributed by atoms with Crippen molar-refractivity contribution < 1.29 is 4.79 Å². The smallest absolute Gasteiger partial charge is 0.274 e. The highest BCUT2D eigenvalue weighted by Gasteiger charge is 2.24. The number of aromatic nitrogens is 2. The summed E-state index contributed by atoms with van der Waals surface area (Å²) in [6, 6.07) is 24.9. The lowest BCUT2D eigenvalue weighted by atomic mass is 9.90. The fourth-order valence-corrected chi connectivity index (χ4v) is 5.12. The van der Waals surface area contributed by atoms with Crippen LogP contribution in [0.15, 0.2) is 78.9 Å². The van der Waals surface area contributed by atoms with Gasteiger partial charge in [-0.1, -0.05) is 72.8 Å². The number of amides is 1. The number of carbonyl (C=O) groups excluding carboxylic acids is 1. The number of benzene rings is 2. The minimum absolute atomic E-state index is 0.0184. The van der Waals surface area contributed by atoms with Gasteiger partial charge in [0.05, 0.1) is 0 Å². The van der Waals surface area contributed by atoms with E-state index >= 15 is 0 Å². The summed E-state index contributed by atoms with van der Waals surface area (Å²) in [6.07, 6.45) is 7.80. The van der Waals surface area contributed by atoms with Crippen LogP contribution in [0.4, 0.5) is 5.82 Å². The third kappa shape index (κ3) is 6.38. The summed E-state index contributed by atoms with van der Waals surface area (Å²) in [5, 5.41) is 8.73. The molecule has 0 N–H and O–H groups in total. The molecule has 3 heterocycles. The molecule has 5 rings (SSSR count). The fraction of sp³-hybridized carbons (Fsp3) is 0.367. The molecule has 6 nitrogen and oxygen atoms in total. The molecule has 3 aromatic rings. The summed E-state index contributed by atoms with van der Waals surface area (Å²) in [6.45, 7) is 6.04. The van der Waals surface area contributed by atoms with Crippen LogP contribution in [-0.2, 0) is 6.42 Å². The zero-order valence-electron chi connectivity index (χ0n) is 20.9. The Morgan fingerprint density at radius 3 is 2.17 bits per heavy atom. The molecular formula is C30H35N5O. The number of anilines is 1. The summed E-state index contributed by atoms with van der Waals surface area (Å²) < 4.78 is 0. The van der Waals surface area contributed by atoms with Gasteiger partial charge in [0.15, 0.2) is 11.5 Å². The second-order valence-corrected chi connectivity index (χ2v) is 9.80. The monoisotopic (exact) mass is 481 g/mol. The Labute approximate surface area is 214 Å². The molecule has 186 valence electrons. The number of carbonyl (C=O) groups is 1. The van der Waals surface area contributed by atoms with Gasteiger partial charge in [-0.3, -0.25) is 9.69 Å². The van der Waals surface area contributed by atoms with Crippen molar-refractivity contribution in [2.24, 2.45) is 5.92 Å². The second-order valence-electron chi connectivity index (χ2n) is 9.80. The van der Waals surface area contributed by atoms with E-state index in [1.165, 1.54) is 11.1 Å². The van der Waals surface area contributed by atoms with Gasteiger partial charge in [-0.2, -0.15) is 0 Å². The van der Waals surface area contributed by atoms with Crippen LogP contribution in [-0.4, -0.2) is 71.7 Å². The first-order chi connectivity index (χ1) is 17.7. The molecule has 2 aliphatic rings. The van der Waals surface area contributed by atoms with Gasteiger partial charge >= 0.3 is 0 Å². The van der Waals surface area contributed by atoms with E-state index in [9.17, 15) is 4.79 Å². The van der Waals surface area contributed by atoms with Crippen molar-refractivity contribution in [3.63, 3.8) is 0 Å². The summed E-state index contributed by atoms with van der Waals surface area (Å²) in [4.78, 5) is 19.6. The van der Waals surface area contributed by atoms with E-state index in [-0.39, 0.29) is 5.91 Å². The van der Waals surface area contributed by atoms with Gasteiger partial charge in [0.25, 0.3) is 5.91 Å². The summed E-state index contributed by atoms with van der Waals surface area (Å²) in [5.74, 6) is 1.57. The zero-order valence-corrected chi connectivity index (χ0v) is 20.9. The van der Waals surface area contributed by atoms with Gasteiger partial charge in [0.2, 0.25) is 0 Å². The number of hydrogen-bond acceptors (Lipinski definition) is 5. The van der Waals surface area contributed by atoms with E-state index in [4.69, 9.17) is 0 Å². The van der Waals surface area contributed by atoms with E-state index in [2.05, 4.69) is 86.7 Å². The molecule has 0 spiro atoms. The molecule has 2 aromatic carbocycles. The number of piperidine rings is 1. The predicted octanol–water partition coefficient (Wildman–Crippen LogP) is 4.41. The molecule has 0 unspecified atom stereocenters. The molecule has 36 heavy (non-hydrogen) atoms. The van der Waals surface area contributed by atoms with E-state index in [1.54, 1.807) is 0 Å². The van der Waals surface area contributed by atoms with Crippen LogP contribution in [0.5, 0.6) is 0 Å². The maximum Gasteiger partial charge on any atom is 0.274 e. The average molecular weight is 482 g/mol. The normalized spacial score (nSPS) is 17.6. The fourth-order valence-electron chi connectivity index (χ4n) is 5.12. The Hall–Kier alpha value is -3.51. The third-order valence-corrected chi connectivity index (χ3v) is 7.31. The number of nitrogens with zero attached hydrogens (tertiary/aromatic N) is 5. The molecule has 1 aromatic heterocycles. The third-order valence-electron chi connectivity index (χ3n) is 7.31. The van der Waals surface area contributed by atoms with E-state index < -0.39 is 0 Å². The number of piperazine rings is 1. The topological polar surface area (TPSA) is 52.6 Å². The van der Waals surface area contributed by atoms with Crippen molar-refractivity contribution in [2.45, 2.75) is 19.3 Å².